The molecule has 0 bridgehead atoms. The summed E-state index contributed by atoms with van der Waals surface area (Å²) in [6.07, 6.45) is -0.794. The van der Waals surface area contributed by atoms with E-state index in [1.807, 2.05) is 0 Å². The van der Waals surface area contributed by atoms with E-state index in [0.29, 0.717) is 16.2 Å². The van der Waals surface area contributed by atoms with Crippen molar-refractivity contribution in [3.8, 4) is 0 Å². The fourth-order valence-electron chi connectivity index (χ4n) is 1.85. The van der Waals surface area contributed by atoms with Crippen molar-refractivity contribution in [2.75, 3.05) is 5.73 Å². The van der Waals surface area contributed by atoms with Crippen LogP contribution in [0, 0.1) is 0 Å². The highest BCUT2D eigenvalue weighted by atomic mass is 32.1. The molecule has 7 nitrogen and oxygen atoms in total. The second-order valence-electron chi connectivity index (χ2n) is 5.70. The molecule has 1 heterocycles. The number of nitrogens with one attached hydrogen (secondary N) is 1. The van der Waals surface area contributed by atoms with Crippen LogP contribution in [0.2, 0.25) is 0 Å². The topological polar surface area (TPSA) is 115 Å². The predicted octanol–water partition coefficient (Wildman–Crippen LogP) is 2.53. The number of carboxylic acid groups (broad SMARTS) is 1. The molecule has 4 N–H and O–H groups in total. The first-order chi connectivity index (χ1) is 10.2. The van der Waals surface area contributed by atoms with Gasteiger partial charge in [0.25, 0.3) is 0 Å². The van der Waals surface area contributed by atoms with Gasteiger partial charge in [-0.3, -0.25) is 0 Å². The van der Waals surface area contributed by atoms with Gasteiger partial charge in [-0.1, -0.05) is 17.4 Å². The number of anilines is 1. The Kier molecular flexibility index (Phi) is 4.23. The van der Waals surface area contributed by atoms with Gasteiger partial charge in [0.2, 0.25) is 0 Å². The fraction of sp³-hybridized carbons (Fsp3) is 0.357. The third-order valence-electron chi connectivity index (χ3n) is 2.67. The smallest absolute Gasteiger partial charge is 0.408 e. The van der Waals surface area contributed by atoms with Crippen molar-refractivity contribution < 1.29 is 19.4 Å². The fourth-order valence-corrected chi connectivity index (χ4v) is 2.57. The number of carbonyl (C=O) groups excluding carboxylic acids is 1. The van der Waals surface area contributed by atoms with Crippen molar-refractivity contribution in [3.63, 3.8) is 0 Å². The highest BCUT2D eigenvalue weighted by Crippen LogP contribution is 2.27. The zero-order chi connectivity index (χ0) is 16.5. The normalized spacial score (nSPS) is 12.9. The number of amides is 1. The summed E-state index contributed by atoms with van der Waals surface area (Å²) in [7, 11) is 0. The van der Waals surface area contributed by atoms with Gasteiger partial charge in [-0.25, -0.2) is 14.6 Å². The van der Waals surface area contributed by atoms with Crippen LogP contribution in [0.15, 0.2) is 18.2 Å². The number of rotatable bonds is 3. The quantitative estimate of drug-likeness (QED) is 0.799. The van der Waals surface area contributed by atoms with Crippen LogP contribution >= 0.6 is 11.3 Å². The number of nitrogens with zero attached hydrogens (tertiary/aromatic N) is 1. The van der Waals surface area contributed by atoms with Crippen molar-refractivity contribution in [1.82, 2.24) is 10.3 Å². The van der Waals surface area contributed by atoms with Crippen molar-refractivity contribution in [1.29, 1.82) is 0 Å². The second-order valence-corrected chi connectivity index (χ2v) is 6.76. The van der Waals surface area contributed by atoms with Gasteiger partial charge in [0, 0.05) is 0 Å². The van der Waals surface area contributed by atoms with E-state index in [1.54, 1.807) is 39.0 Å². The van der Waals surface area contributed by atoms with Crippen LogP contribution in [-0.2, 0) is 9.53 Å². The van der Waals surface area contributed by atoms with Crippen LogP contribution in [0.4, 0.5) is 9.93 Å². The molecule has 0 aliphatic heterocycles. The van der Waals surface area contributed by atoms with Gasteiger partial charge in [-0.05, 0) is 38.5 Å². The van der Waals surface area contributed by atoms with E-state index >= 15 is 0 Å². The molecule has 0 aliphatic carbocycles. The van der Waals surface area contributed by atoms with E-state index in [1.165, 1.54) is 11.3 Å². The molecule has 118 valence electrons. The first kappa shape index (κ1) is 16.0. The number of thiazole rings is 1. The number of nitrogen functional groups attached to an aromatic ring is 1. The molecule has 2 rings (SSSR count). The minimum atomic E-state index is -1.22. The van der Waals surface area contributed by atoms with Gasteiger partial charge < -0.3 is 20.9 Å². The van der Waals surface area contributed by atoms with Crippen molar-refractivity contribution in [2.45, 2.75) is 32.4 Å². The third kappa shape index (κ3) is 3.85. The number of carboxylic acids is 1. The van der Waals surface area contributed by atoms with Crippen LogP contribution < -0.4 is 11.1 Å². The minimum Gasteiger partial charge on any atom is -0.479 e. The van der Waals surface area contributed by atoms with E-state index in [4.69, 9.17) is 10.5 Å². The zero-order valence-corrected chi connectivity index (χ0v) is 13.2. The standard InChI is InChI=1S/C14H17N3O4S/c1-14(2,3)21-13(20)17-10(11(18)19)7-4-5-9-8(6-7)16-12(15)22-9/h4-6,10H,1-3H3,(H2,15,16)(H,17,20)(H,18,19). The van der Waals surface area contributed by atoms with Gasteiger partial charge in [0.15, 0.2) is 11.2 Å². The van der Waals surface area contributed by atoms with Crippen LogP contribution in [-0.4, -0.2) is 27.8 Å². The molecule has 1 unspecified atom stereocenters. The summed E-state index contributed by atoms with van der Waals surface area (Å²) in [6.45, 7) is 5.10. The highest BCUT2D eigenvalue weighted by Gasteiger charge is 2.25. The Hall–Kier alpha value is -2.35. The largest absolute Gasteiger partial charge is 0.479 e. The lowest BCUT2D eigenvalue weighted by Gasteiger charge is -2.22. The molecule has 0 saturated heterocycles. The van der Waals surface area contributed by atoms with Gasteiger partial charge in [0.1, 0.15) is 5.60 Å². The number of benzene rings is 1. The summed E-state index contributed by atoms with van der Waals surface area (Å²) in [4.78, 5) is 27.3. The van der Waals surface area contributed by atoms with E-state index < -0.39 is 23.7 Å². The highest BCUT2D eigenvalue weighted by molar-refractivity contribution is 7.22. The summed E-state index contributed by atoms with van der Waals surface area (Å²) < 4.78 is 5.93. The molecular formula is C14H17N3O4S. The SMILES string of the molecule is CC(C)(C)OC(=O)NC(C(=O)O)c1ccc2sc(N)nc2c1. The Morgan fingerprint density at radius 2 is 2.09 bits per heavy atom. The van der Waals surface area contributed by atoms with E-state index in [2.05, 4.69) is 10.3 Å². The van der Waals surface area contributed by atoms with Gasteiger partial charge in [-0.2, -0.15) is 0 Å². The number of hydrogen-bond acceptors (Lipinski definition) is 6. The van der Waals surface area contributed by atoms with Crippen molar-refractivity contribution >= 4 is 38.7 Å². The Labute approximate surface area is 131 Å². The Bertz CT molecular complexity index is 720. The average molecular weight is 323 g/mol. The predicted molar refractivity (Wildman–Crippen MR) is 83.8 cm³/mol. The third-order valence-corrected chi connectivity index (χ3v) is 3.54. The number of hydrogen-bond donors (Lipinski definition) is 3. The number of aromatic nitrogens is 1. The Morgan fingerprint density at radius 1 is 1.41 bits per heavy atom. The van der Waals surface area contributed by atoms with Gasteiger partial charge >= 0.3 is 12.1 Å². The number of ether oxygens (including phenoxy) is 1. The number of nitrogens with two attached hydrogens (primary N) is 1. The maximum Gasteiger partial charge on any atom is 0.408 e. The van der Waals surface area contributed by atoms with Crippen LogP contribution in [0.25, 0.3) is 10.2 Å². The molecule has 0 saturated carbocycles. The molecule has 1 atom stereocenters. The molecule has 1 amide bonds. The Morgan fingerprint density at radius 3 is 2.68 bits per heavy atom. The minimum absolute atomic E-state index is 0.399. The Balaban J connectivity index is 2.26. The van der Waals surface area contributed by atoms with Crippen LogP contribution in [0.1, 0.15) is 32.4 Å². The van der Waals surface area contributed by atoms with E-state index in [-0.39, 0.29) is 0 Å². The zero-order valence-electron chi connectivity index (χ0n) is 12.4. The summed E-state index contributed by atoms with van der Waals surface area (Å²) in [5, 5.41) is 12.1. The first-order valence-electron chi connectivity index (χ1n) is 6.54. The lowest BCUT2D eigenvalue weighted by atomic mass is 10.1. The molecule has 8 heteroatoms. The van der Waals surface area contributed by atoms with E-state index in [9.17, 15) is 14.7 Å². The molecule has 0 radical (unpaired) electrons. The monoisotopic (exact) mass is 323 g/mol. The van der Waals surface area contributed by atoms with Gasteiger partial charge in [-0.15, -0.1) is 0 Å². The first-order valence-corrected chi connectivity index (χ1v) is 7.35. The van der Waals surface area contributed by atoms with Gasteiger partial charge in [0.05, 0.1) is 10.2 Å². The second kappa shape index (κ2) is 5.80. The molecule has 2 aromatic rings. The number of fused-ring (bicyclic) bond motifs is 1. The van der Waals surface area contributed by atoms with E-state index in [0.717, 1.165) is 4.70 Å². The molecule has 0 fully saturated rings. The lowest BCUT2D eigenvalue weighted by Crippen LogP contribution is -2.38. The maximum atomic E-state index is 11.8. The number of aliphatic carboxylic acids is 1. The van der Waals surface area contributed by atoms with Crippen LogP contribution in [0.5, 0.6) is 0 Å². The van der Waals surface area contributed by atoms with Crippen molar-refractivity contribution in [2.24, 2.45) is 0 Å². The average Bonchev–Trinajstić information content (AvgIpc) is 2.72. The molecule has 1 aromatic heterocycles. The molecule has 1 aromatic carbocycles. The summed E-state index contributed by atoms with van der Waals surface area (Å²) >= 11 is 1.31. The van der Waals surface area contributed by atoms with Crippen LogP contribution in [0.3, 0.4) is 0 Å². The van der Waals surface area contributed by atoms with Crippen molar-refractivity contribution in [3.05, 3.63) is 23.8 Å². The lowest BCUT2D eigenvalue weighted by molar-refractivity contribution is -0.139. The molecule has 0 spiro atoms. The summed E-state index contributed by atoms with van der Waals surface area (Å²) in [6, 6.07) is 3.72. The summed E-state index contributed by atoms with van der Waals surface area (Å²) in [5.74, 6) is -1.19. The maximum absolute atomic E-state index is 11.8. The molecular weight excluding hydrogens is 306 g/mol. The molecule has 0 aliphatic rings. The number of carbonyl (C=O) groups is 2. The molecule has 22 heavy (non-hydrogen) atoms. The number of alkyl carbamates (subject to hydrolysis) is 1. The summed E-state index contributed by atoms with van der Waals surface area (Å²) in [5.41, 5.74) is 5.91.